The predicted octanol–water partition coefficient (Wildman–Crippen LogP) is 1.13. The van der Waals surface area contributed by atoms with Gasteiger partial charge in [-0.2, -0.15) is 5.48 Å². The van der Waals surface area contributed by atoms with Crippen LogP contribution in [0.3, 0.4) is 0 Å². The minimum absolute atomic E-state index is 0.914. The number of para-hydroxylation sites is 1. The number of fused-ring (bicyclic) bond motifs is 1. The summed E-state index contributed by atoms with van der Waals surface area (Å²) in [6.07, 6.45) is 1.07. The second-order valence-electron chi connectivity index (χ2n) is 2.35. The molecule has 0 saturated carbocycles. The minimum atomic E-state index is 0.914. The molecule has 1 heterocycles. The van der Waals surface area contributed by atoms with Crippen molar-refractivity contribution < 1.29 is 4.84 Å². The molecule has 0 unspecified atom stereocenters. The van der Waals surface area contributed by atoms with Crippen molar-refractivity contribution in [3.05, 3.63) is 29.8 Å². The van der Waals surface area contributed by atoms with Crippen LogP contribution in [0.25, 0.3) is 0 Å². The monoisotopic (exact) mass is 135 g/mol. The zero-order valence-electron chi connectivity index (χ0n) is 5.63. The maximum Gasteiger partial charge on any atom is 0.150 e. The summed E-state index contributed by atoms with van der Waals surface area (Å²) < 4.78 is 0. The van der Waals surface area contributed by atoms with E-state index in [2.05, 4.69) is 11.5 Å². The van der Waals surface area contributed by atoms with Crippen molar-refractivity contribution in [1.82, 2.24) is 5.48 Å². The standard InChI is InChI=1S/C8H9NO/c1-2-4-8-7(3-1)5-6-9-10-8/h1-4,9H,5-6H2. The van der Waals surface area contributed by atoms with Gasteiger partial charge in [-0.1, -0.05) is 18.2 Å². The Labute approximate surface area is 59.8 Å². The quantitative estimate of drug-likeness (QED) is 0.575. The number of hydrogen-bond donors (Lipinski definition) is 1. The van der Waals surface area contributed by atoms with E-state index in [4.69, 9.17) is 4.84 Å². The highest BCUT2D eigenvalue weighted by atomic mass is 16.6. The lowest BCUT2D eigenvalue weighted by molar-refractivity contribution is 0.180. The normalized spacial score (nSPS) is 15.6. The van der Waals surface area contributed by atoms with Crippen molar-refractivity contribution in [1.29, 1.82) is 0 Å². The molecule has 0 aliphatic carbocycles. The fourth-order valence-electron chi connectivity index (χ4n) is 1.12. The summed E-state index contributed by atoms with van der Waals surface area (Å²) >= 11 is 0. The van der Waals surface area contributed by atoms with Gasteiger partial charge in [-0.05, 0) is 18.1 Å². The molecule has 1 aromatic rings. The fourth-order valence-corrected chi connectivity index (χ4v) is 1.12. The van der Waals surface area contributed by atoms with E-state index in [-0.39, 0.29) is 0 Å². The maximum atomic E-state index is 5.17. The second-order valence-corrected chi connectivity index (χ2v) is 2.35. The van der Waals surface area contributed by atoms with E-state index in [0.717, 1.165) is 18.7 Å². The van der Waals surface area contributed by atoms with Gasteiger partial charge in [0.2, 0.25) is 0 Å². The van der Waals surface area contributed by atoms with E-state index in [1.165, 1.54) is 5.56 Å². The van der Waals surface area contributed by atoms with Gasteiger partial charge in [0.15, 0.2) is 0 Å². The molecule has 1 N–H and O–H groups in total. The zero-order chi connectivity index (χ0) is 6.81. The third-order valence-corrected chi connectivity index (χ3v) is 1.65. The molecule has 1 aliphatic rings. The van der Waals surface area contributed by atoms with Crippen molar-refractivity contribution in [3.8, 4) is 5.75 Å². The summed E-state index contributed by atoms with van der Waals surface area (Å²) in [4.78, 5) is 5.17. The molecule has 1 aromatic carbocycles. The van der Waals surface area contributed by atoms with Gasteiger partial charge in [-0.3, -0.25) is 0 Å². The molecule has 0 amide bonds. The number of nitrogens with one attached hydrogen (secondary N) is 1. The average molecular weight is 135 g/mol. The number of rotatable bonds is 0. The van der Waals surface area contributed by atoms with Crippen LogP contribution >= 0.6 is 0 Å². The third kappa shape index (κ3) is 0.866. The van der Waals surface area contributed by atoms with Gasteiger partial charge >= 0.3 is 0 Å². The van der Waals surface area contributed by atoms with Crippen LogP contribution in [0.5, 0.6) is 5.75 Å². The van der Waals surface area contributed by atoms with Crippen LogP contribution in [-0.2, 0) is 6.42 Å². The molecule has 10 heavy (non-hydrogen) atoms. The van der Waals surface area contributed by atoms with Crippen LogP contribution in [-0.4, -0.2) is 6.54 Å². The lowest BCUT2D eigenvalue weighted by Crippen LogP contribution is -2.26. The van der Waals surface area contributed by atoms with Crippen LogP contribution in [0.4, 0.5) is 0 Å². The van der Waals surface area contributed by atoms with Crippen LogP contribution in [0.1, 0.15) is 5.56 Å². The molecule has 0 aromatic heterocycles. The van der Waals surface area contributed by atoms with Crippen molar-refractivity contribution >= 4 is 0 Å². The first-order chi connectivity index (χ1) is 4.97. The van der Waals surface area contributed by atoms with E-state index in [1.807, 2.05) is 18.2 Å². The first-order valence-electron chi connectivity index (χ1n) is 3.44. The van der Waals surface area contributed by atoms with Gasteiger partial charge in [0.1, 0.15) is 5.75 Å². The van der Waals surface area contributed by atoms with Crippen LogP contribution in [0, 0.1) is 0 Å². The van der Waals surface area contributed by atoms with E-state index in [9.17, 15) is 0 Å². The smallest absolute Gasteiger partial charge is 0.150 e. The number of hydroxylamine groups is 1. The summed E-state index contributed by atoms with van der Waals surface area (Å²) in [5.41, 5.74) is 4.13. The Bertz CT molecular complexity index is 209. The highest BCUT2D eigenvalue weighted by Crippen LogP contribution is 2.19. The van der Waals surface area contributed by atoms with E-state index < -0.39 is 0 Å². The first-order valence-corrected chi connectivity index (χ1v) is 3.44. The zero-order valence-corrected chi connectivity index (χ0v) is 5.63. The first kappa shape index (κ1) is 5.74. The molecule has 0 radical (unpaired) electrons. The van der Waals surface area contributed by atoms with Gasteiger partial charge in [0, 0.05) is 6.54 Å². The van der Waals surface area contributed by atoms with Gasteiger partial charge in [-0.25, -0.2) is 0 Å². The number of benzene rings is 1. The molecular weight excluding hydrogens is 126 g/mol. The largest absolute Gasteiger partial charge is 0.408 e. The van der Waals surface area contributed by atoms with Crippen LogP contribution in [0.2, 0.25) is 0 Å². The SMILES string of the molecule is c1ccc2c(c1)CCNO2. The molecule has 0 atom stereocenters. The fraction of sp³-hybridized carbons (Fsp3) is 0.250. The Morgan fingerprint density at radius 1 is 1.30 bits per heavy atom. The summed E-state index contributed by atoms with van der Waals surface area (Å²) in [5, 5.41) is 0. The molecule has 0 spiro atoms. The molecule has 0 bridgehead atoms. The number of hydrogen-bond acceptors (Lipinski definition) is 2. The Morgan fingerprint density at radius 3 is 3.10 bits per heavy atom. The topological polar surface area (TPSA) is 21.3 Å². The van der Waals surface area contributed by atoms with Gasteiger partial charge in [0.25, 0.3) is 0 Å². The summed E-state index contributed by atoms with van der Waals surface area (Å²) in [6, 6.07) is 8.08. The molecule has 2 nitrogen and oxygen atoms in total. The Hall–Kier alpha value is -1.02. The summed E-state index contributed by atoms with van der Waals surface area (Å²) in [7, 11) is 0. The molecule has 1 aliphatic heterocycles. The molecular formula is C8H9NO. The van der Waals surface area contributed by atoms with Crippen molar-refractivity contribution in [2.75, 3.05) is 6.54 Å². The molecule has 0 fully saturated rings. The molecule has 2 heteroatoms. The predicted molar refractivity (Wildman–Crippen MR) is 38.8 cm³/mol. The Balaban J connectivity index is 2.41. The van der Waals surface area contributed by atoms with Gasteiger partial charge in [-0.15, -0.1) is 0 Å². The summed E-state index contributed by atoms with van der Waals surface area (Å²) in [5.74, 6) is 0.966. The second kappa shape index (κ2) is 2.31. The van der Waals surface area contributed by atoms with Gasteiger partial charge in [0.05, 0.1) is 0 Å². The van der Waals surface area contributed by atoms with Crippen LogP contribution < -0.4 is 10.3 Å². The van der Waals surface area contributed by atoms with E-state index in [1.54, 1.807) is 0 Å². The molecule has 0 saturated heterocycles. The van der Waals surface area contributed by atoms with Gasteiger partial charge < -0.3 is 4.84 Å². The highest BCUT2D eigenvalue weighted by Gasteiger charge is 2.06. The average Bonchev–Trinajstić information content (AvgIpc) is 2.05. The minimum Gasteiger partial charge on any atom is -0.408 e. The van der Waals surface area contributed by atoms with Crippen LogP contribution in [0.15, 0.2) is 24.3 Å². The summed E-state index contributed by atoms with van der Waals surface area (Å²) in [6.45, 7) is 0.914. The highest BCUT2D eigenvalue weighted by molar-refractivity contribution is 5.34. The van der Waals surface area contributed by atoms with E-state index >= 15 is 0 Å². The third-order valence-electron chi connectivity index (χ3n) is 1.65. The maximum absolute atomic E-state index is 5.17. The lowest BCUT2D eigenvalue weighted by atomic mass is 10.1. The Kier molecular flexibility index (Phi) is 1.32. The van der Waals surface area contributed by atoms with Crippen molar-refractivity contribution in [2.45, 2.75) is 6.42 Å². The van der Waals surface area contributed by atoms with Crippen molar-refractivity contribution in [3.63, 3.8) is 0 Å². The van der Waals surface area contributed by atoms with E-state index in [0.29, 0.717) is 0 Å². The lowest BCUT2D eigenvalue weighted by Gasteiger charge is -2.16. The Morgan fingerprint density at radius 2 is 2.20 bits per heavy atom. The van der Waals surface area contributed by atoms with Crippen molar-refractivity contribution in [2.24, 2.45) is 0 Å². The molecule has 2 rings (SSSR count). The molecule has 52 valence electrons.